The van der Waals surface area contributed by atoms with Crippen molar-refractivity contribution in [2.24, 2.45) is 5.73 Å². The highest BCUT2D eigenvalue weighted by molar-refractivity contribution is 5.27. The first kappa shape index (κ1) is 11.7. The standard InChI is InChI=1S/C13H17N3O/c1-17-13-4-2-11(3-5-13)6-7-16-9-12(8-14)15-10-16/h2-5,9-10H,6-8,14H2,1H3. The van der Waals surface area contributed by atoms with E-state index in [4.69, 9.17) is 10.5 Å². The van der Waals surface area contributed by atoms with Crippen molar-refractivity contribution in [1.82, 2.24) is 9.55 Å². The van der Waals surface area contributed by atoms with Crippen molar-refractivity contribution in [2.75, 3.05) is 7.11 Å². The fraction of sp³-hybridized carbons (Fsp3) is 0.308. The van der Waals surface area contributed by atoms with E-state index in [9.17, 15) is 0 Å². The summed E-state index contributed by atoms with van der Waals surface area (Å²) in [6.45, 7) is 1.41. The molecule has 2 N–H and O–H groups in total. The lowest BCUT2D eigenvalue weighted by Crippen LogP contribution is -1.99. The molecule has 4 nitrogen and oxygen atoms in total. The molecule has 0 aliphatic carbocycles. The molecule has 1 aromatic heterocycles. The lowest BCUT2D eigenvalue weighted by Gasteiger charge is -2.04. The number of aryl methyl sites for hydroxylation is 2. The molecule has 90 valence electrons. The Bertz CT molecular complexity index is 462. The fourth-order valence-electron chi connectivity index (χ4n) is 1.68. The minimum Gasteiger partial charge on any atom is -0.497 e. The van der Waals surface area contributed by atoms with Crippen LogP contribution in [0.3, 0.4) is 0 Å². The van der Waals surface area contributed by atoms with Gasteiger partial charge in [-0.3, -0.25) is 0 Å². The van der Waals surface area contributed by atoms with E-state index in [1.165, 1.54) is 5.56 Å². The Morgan fingerprint density at radius 3 is 2.65 bits per heavy atom. The number of nitrogens with zero attached hydrogens (tertiary/aromatic N) is 2. The molecule has 1 aromatic carbocycles. The maximum absolute atomic E-state index is 5.51. The summed E-state index contributed by atoms with van der Waals surface area (Å²) >= 11 is 0. The molecule has 0 atom stereocenters. The molecule has 17 heavy (non-hydrogen) atoms. The van der Waals surface area contributed by atoms with Crippen LogP contribution < -0.4 is 10.5 Å². The third-order valence-electron chi connectivity index (χ3n) is 2.71. The number of methoxy groups -OCH3 is 1. The van der Waals surface area contributed by atoms with Gasteiger partial charge in [-0.15, -0.1) is 0 Å². The van der Waals surface area contributed by atoms with Crippen LogP contribution in [0.1, 0.15) is 11.3 Å². The van der Waals surface area contributed by atoms with Gasteiger partial charge in [0.2, 0.25) is 0 Å². The molecular weight excluding hydrogens is 214 g/mol. The van der Waals surface area contributed by atoms with Crippen molar-refractivity contribution in [3.05, 3.63) is 48.0 Å². The molecule has 1 heterocycles. The lowest BCUT2D eigenvalue weighted by atomic mass is 10.1. The smallest absolute Gasteiger partial charge is 0.118 e. The molecule has 0 aliphatic heterocycles. The zero-order valence-corrected chi connectivity index (χ0v) is 9.97. The van der Waals surface area contributed by atoms with Gasteiger partial charge >= 0.3 is 0 Å². The van der Waals surface area contributed by atoms with Crippen LogP contribution in [-0.2, 0) is 19.5 Å². The van der Waals surface area contributed by atoms with Crippen LogP contribution in [0.25, 0.3) is 0 Å². The molecule has 0 bridgehead atoms. The first-order valence-corrected chi connectivity index (χ1v) is 5.65. The fourth-order valence-corrected chi connectivity index (χ4v) is 1.68. The molecule has 2 aromatic rings. The van der Waals surface area contributed by atoms with E-state index in [0.29, 0.717) is 6.54 Å². The highest BCUT2D eigenvalue weighted by atomic mass is 16.5. The molecule has 0 fully saturated rings. The first-order chi connectivity index (χ1) is 8.31. The molecule has 0 saturated carbocycles. The summed E-state index contributed by atoms with van der Waals surface area (Å²) in [7, 11) is 1.68. The van der Waals surface area contributed by atoms with Gasteiger partial charge in [-0.05, 0) is 24.1 Å². The van der Waals surface area contributed by atoms with Crippen molar-refractivity contribution in [3.63, 3.8) is 0 Å². The normalized spacial score (nSPS) is 10.5. The van der Waals surface area contributed by atoms with Crippen molar-refractivity contribution in [1.29, 1.82) is 0 Å². The quantitative estimate of drug-likeness (QED) is 0.850. The zero-order chi connectivity index (χ0) is 12.1. The second-order valence-electron chi connectivity index (χ2n) is 3.91. The van der Waals surface area contributed by atoms with Crippen LogP contribution in [0.2, 0.25) is 0 Å². The highest BCUT2D eigenvalue weighted by Gasteiger charge is 1.98. The predicted molar refractivity (Wildman–Crippen MR) is 66.8 cm³/mol. The molecular formula is C13H17N3O. The molecule has 2 rings (SSSR count). The topological polar surface area (TPSA) is 53.1 Å². The molecule has 0 aliphatic rings. The van der Waals surface area contributed by atoms with Crippen molar-refractivity contribution < 1.29 is 4.74 Å². The molecule has 0 amide bonds. The summed E-state index contributed by atoms with van der Waals surface area (Å²) in [6, 6.07) is 8.13. The maximum atomic E-state index is 5.51. The van der Waals surface area contributed by atoms with Gasteiger partial charge in [-0.2, -0.15) is 0 Å². The second kappa shape index (κ2) is 5.50. The highest BCUT2D eigenvalue weighted by Crippen LogP contribution is 2.12. The summed E-state index contributed by atoms with van der Waals surface area (Å²) in [6.07, 6.45) is 4.79. The Hall–Kier alpha value is -1.81. The Labute approximate surface area is 101 Å². The van der Waals surface area contributed by atoms with E-state index < -0.39 is 0 Å². The minimum atomic E-state index is 0.496. The summed E-state index contributed by atoms with van der Waals surface area (Å²) in [5.74, 6) is 0.891. The lowest BCUT2D eigenvalue weighted by molar-refractivity contribution is 0.414. The number of imidazole rings is 1. The Morgan fingerprint density at radius 2 is 2.06 bits per heavy atom. The van der Waals surface area contributed by atoms with Crippen LogP contribution >= 0.6 is 0 Å². The number of hydrogen-bond acceptors (Lipinski definition) is 3. The third kappa shape index (κ3) is 3.07. The molecule has 4 heteroatoms. The van der Waals surface area contributed by atoms with Gasteiger partial charge in [0, 0.05) is 19.3 Å². The van der Waals surface area contributed by atoms with Crippen LogP contribution in [0.15, 0.2) is 36.8 Å². The van der Waals surface area contributed by atoms with E-state index in [-0.39, 0.29) is 0 Å². The number of nitrogens with two attached hydrogens (primary N) is 1. The SMILES string of the molecule is COc1ccc(CCn2cnc(CN)c2)cc1. The monoisotopic (exact) mass is 231 g/mol. The summed E-state index contributed by atoms with van der Waals surface area (Å²) in [5, 5.41) is 0. The molecule has 0 unspecified atom stereocenters. The Morgan fingerprint density at radius 1 is 1.29 bits per heavy atom. The van der Waals surface area contributed by atoms with Crippen LogP contribution in [0.5, 0.6) is 5.75 Å². The van der Waals surface area contributed by atoms with Gasteiger partial charge in [-0.1, -0.05) is 12.1 Å². The molecule has 0 saturated heterocycles. The predicted octanol–water partition coefficient (Wildman–Crippen LogP) is 1.59. The Kier molecular flexibility index (Phi) is 3.77. The number of hydrogen-bond donors (Lipinski definition) is 1. The van der Waals surface area contributed by atoms with Gasteiger partial charge in [0.05, 0.1) is 19.1 Å². The van der Waals surface area contributed by atoms with Gasteiger partial charge in [0.1, 0.15) is 5.75 Å². The van der Waals surface area contributed by atoms with Crippen LogP contribution in [0.4, 0.5) is 0 Å². The second-order valence-corrected chi connectivity index (χ2v) is 3.91. The van der Waals surface area contributed by atoms with Gasteiger partial charge < -0.3 is 15.0 Å². The van der Waals surface area contributed by atoms with E-state index in [1.54, 1.807) is 7.11 Å². The minimum absolute atomic E-state index is 0.496. The maximum Gasteiger partial charge on any atom is 0.118 e. The average Bonchev–Trinajstić information content (AvgIpc) is 2.85. The van der Waals surface area contributed by atoms with Crippen LogP contribution in [-0.4, -0.2) is 16.7 Å². The Balaban J connectivity index is 1.92. The largest absolute Gasteiger partial charge is 0.497 e. The van der Waals surface area contributed by atoms with Gasteiger partial charge in [0.25, 0.3) is 0 Å². The van der Waals surface area contributed by atoms with Crippen LogP contribution in [0, 0.1) is 0 Å². The number of rotatable bonds is 5. The first-order valence-electron chi connectivity index (χ1n) is 5.65. The number of ether oxygens (including phenoxy) is 1. The van der Waals surface area contributed by atoms with Gasteiger partial charge in [0.15, 0.2) is 0 Å². The molecule has 0 radical (unpaired) electrons. The van der Waals surface area contributed by atoms with E-state index in [0.717, 1.165) is 24.4 Å². The summed E-state index contributed by atoms with van der Waals surface area (Å²) in [5.41, 5.74) is 7.73. The third-order valence-corrected chi connectivity index (χ3v) is 2.71. The van der Waals surface area contributed by atoms with E-state index in [1.807, 2.05) is 24.7 Å². The summed E-state index contributed by atoms with van der Waals surface area (Å²) in [4.78, 5) is 4.19. The average molecular weight is 231 g/mol. The molecule has 0 spiro atoms. The zero-order valence-electron chi connectivity index (χ0n) is 9.97. The van der Waals surface area contributed by atoms with Crippen molar-refractivity contribution in [3.8, 4) is 5.75 Å². The summed E-state index contributed by atoms with van der Waals surface area (Å²) < 4.78 is 7.18. The number of aromatic nitrogens is 2. The van der Waals surface area contributed by atoms with E-state index >= 15 is 0 Å². The van der Waals surface area contributed by atoms with E-state index in [2.05, 4.69) is 21.7 Å². The number of benzene rings is 1. The van der Waals surface area contributed by atoms with Gasteiger partial charge in [-0.25, -0.2) is 4.98 Å². The van der Waals surface area contributed by atoms with Crippen molar-refractivity contribution >= 4 is 0 Å². The van der Waals surface area contributed by atoms with Crippen molar-refractivity contribution in [2.45, 2.75) is 19.5 Å².